The Labute approximate surface area is 48.7 Å². The Morgan fingerprint density at radius 3 is 2.43 bits per heavy atom. The van der Waals surface area contributed by atoms with Crippen molar-refractivity contribution >= 4 is 11.8 Å². The largest absolute Gasteiger partial charge is 0.153 e. The quantitative estimate of drug-likeness (QED) is 0.433. The lowest BCUT2D eigenvalue weighted by molar-refractivity contribution is 0.635. The summed E-state index contributed by atoms with van der Waals surface area (Å²) in [4.78, 5) is 0. The van der Waals surface area contributed by atoms with Crippen LogP contribution in [0.2, 0.25) is 0 Å². The molecule has 3 atom stereocenters. The van der Waals surface area contributed by atoms with Crippen LogP contribution in [0, 0.1) is 5.92 Å². The van der Waals surface area contributed by atoms with E-state index in [-0.39, 0.29) is 0 Å². The Bertz CT molecular complexity index is 90.2. The van der Waals surface area contributed by atoms with Crippen LogP contribution in [-0.2, 0) is 0 Å². The van der Waals surface area contributed by atoms with E-state index in [0.29, 0.717) is 0 Å². The lowest BCUT2D eigenvalue weighted by Crippen LogP contribution is -1.92. The van der Waals surface area contributed by atoms with E-state index in [0.717, 1.165) is 16.4 Å². The van der Waals surface area contributed by atoms with Crippen molar-refractivity contribution in [3.05, 3.63) is 0 Å². The number of hydrogen-bond acceptors (Lipinski definition) is 1. The smallest absolute Gasteiger partial charge is 0.0195 e. The fraction of sp³-hybridized carbons (Fsp3) is 1.00. The molecule has 0 bridgehead atoms. The summed E-state index contributed by atoms with van der Waals surface area (Å²) in [5, 5.41) is 2.20. The first-order valence-corrected chi connectivity index (χ1v) is 3.97. The van der Waals surface area contributed by atoms with Crippen LogP contribution in [-0.4, -0.2) is 10.5 Å². The average molecular weight is 114 g/mol. The van der Waals surface area contributed by atoms with Crippen LogP contribution >= 0.6 is 11.8 Å². The van der Waals surface area contributed by atoms with Gasteiger partial charge in [-0.05, 0) is 18.8 Å². The van der Waals surface area contributed by atoms with Crippen LogP contribution in [0.5, 0.6) is 0 Å². The van der Waals surface area contributed by atoms with Crippen molar-refractivity contribution in [2.24, 2.45) is 5.92 Å². The van der Waals surface area contributed by atoms with Crippen molar-refractivity contribution in [2.75, 3.05) is 0 Å². The lowest BCUT2D eigenvalue weighted by atomic mass is 10.1. The monoisotopic (exact) mass is 114 g/mol. The highest BCUT2D eigenvalue weighted by molar-refractivity contribution is 8.07. The second-order valence-electron chi connectivity index (χ2n) is 2.69. The van der Waals surface area contributed by atoms with Gasteiger partial charge in [0.15, 0.2) is 0 Å². The second-order valence-corrected chi connectivity index (χ2v) is 4.12. The zero-order valence-electron chi connectivity index (χ0n) is 4.55. The number of fused-ring (bicyclic) bond motifs is 1. The molecule has 1 heteroatoms. The Hall–Kier alpha value is 0.350. The van der Waals surface area contributed by atoms with Crippen LogP contribution in [0.1, 0.15) is 19.8 Å². The molecule has 40 valence electrons. The fourth-order valence-corrected chi connectivity index (χ4v) is 2.87. The maximum atomic E-state index is 2.38. The molecule has 2 rings (SSSR count). The van der Waals surface area contributed by atoms with Crippen molar-refractivity contribution in [3.8, 4) is 0 Å². The highest BCUT2D eigenvalue weighted by Gasteiger charge is 2.46. The predicted octanol–water partition coefficient (Wildman–Crippen LogP) is 1.90. The number of thioether (sulfide) groups is 1. The van der Waals surface area contributed by atoms with Crippen LogP contribution in [0.4, 0.5) is 0 Å². The van der Waals surface area contributed by atoms with Gasteiger partial charge < -0.3 is 0 Å². The Kier molecular flexibility index (Phi) is 0.724. The Morgan fingerprint density at radius 2 is 2.29 bits per heavy atom. The molecule has 0 aromatic rings. The van der Waals surface area contributed by atoms with E-state index in [2.05, 4.69) is 18.7 Å². The van der Waals surface area contributed by atoms with Crippen molar-refractivity contribution < 1.29 is 0 Å². The third-order valence-electron chi connectivity index (χ3n) is 2.09. The maximum absolute atomic E-state index is 2.38. The molecule has 0 radical (unpaired) electrons. The molecule has 1 saturated carbocycles. The van der Waals surface area contributed by atoms with E-state index in [1.807, 2.05) is 0 Å². The van der Waals surface area contributed by atoms with Crippen molar-refractivity contribution in [2.45, 2.75) is 30.3 Å². The van der Waals surface area contributed by atoms with Crippen molar-refractivity contribution in [3.63, 3.8) is 0 Å². The molecule has 0 aromatic carbocycles. The van der Waals surface area contributed by atoms with Gasteiger partial charge in [0.05, 0.1) is 0 Å². The second kappa shape index (κ2) is 1.19. The molecule has 1 aliphatic carbocycles. The first-order chi connectivity index (χ1) is 3.38. The van der Waals surface area contributed by atoms with Gasteiger partial charge in [-0.15, -0.1) is 0 Å². The molecular formula is C6H10S. The summed E-state index contributed by atoms with van der Waals surface area (Å²) < 4.78 is 0. The van der Waals surface area contributed by atoms with Crippen molar-refractivity contribution in [1.29, 1.82) is 0 Å². The first-order valence-electron chi connectivity index (χ1n) is 3.03. The zero-order valence-corrected chi connectivity index (χ0v) is 5.37. The van der Waals surface area contributed by atoms with E-state index >= 15 is 0 Å². The van der Waals surface area contributed by atoms with Crippen LogP contribution in [0.15, 0.2) is 0 Å². The summed E-state index contributed by atoms with van der Waals surface area (Å²) in [7, 11) is 0. The van der Waals surface area contributed by atoms with Crippen molar-refractivity contribution in [1.82, 2.24) is 0 Å². The molecule has 1 aliphatic heterocycles. The fourth-order valence-electron chi connectivity index (χ4n) is 1.48. The molecule has 0 spiro atoms. The van der Waals surface area contributed by atoms with E-state index in [1.54, 1.807) is 0 Å². The molecule has 2 fully saturated rings. The highest BCUT2D eigenvalue weighted by Crippen LogP contribution is 2.55. The van der Waals surface area contributed by atoms with Gasteiger partial charge in [-0.25, -0.2) is 0 Å². The van der Waals surface area contributed by atoms with Gasteiger partial charge in [0.1, 0.15) is 0 Å². The van der Waals surface area contributed by atoms with Gasteiger partial charge in [-0.2, -0.15) is 11.8 Å². The molecule has 0 nitrogen and oxygen atoms in total. The highest BCUT2D eigenvalue weighted by atomic mass is 32.2. The molecule has 0 amide bonds. The summed E-state index contributed by atoms with van der Waals surface area (Å²) in [5.74, 6) is 1.05. The summed E-state index contributed by atoms with van der Waals surface area (Å²) in [6.07, 6.45) is 3.01. The molecule has 1 heterocycles. The van der Waals surface area contributed by atoms with Gasteiger partial charge in [0.2, 0.25) is 0 Å². The van der Waals surface area contributed by atoms with Crippen LogP contribution in [0.3, 0.4) is 0 Å². The number of rotatable bonds is 0. The minimum Gasteiger partial charge on any atom is -0.153 e. The van der Waals surface area contributed by atoms with E-state index < -0.39 is 0 Å². The van der Waals surface area contributed by atoms with Crippen LogP contribution < -0.4 is 0 Å². The van der Waals surface area contributed by atoms with Gasteiger partial charge in [0.25, 0.3) is 0 Å². The third kappa shape index (κ3) is 0.510. The summed E-state index contributed by atoms with van der Waals surface area (Å²) in [5.41, 5.74) is 0. The summed E-state index contributed by atoms with van der Waals surface area (Å²) in [6.45, 7) is 2.38. The lowest BCUT2D eigenvalue weighted by Gasteiger charge is -1.97. The summed E-state index contributed by atoms with van der Waals surface area (Å²) in [6, 6.07) is 0. The van der Waals surface area contributed by atoms with Gasteiger partial charge in [0, 0.05) is 10.5 Å². The molecule has 2 aliphatic rings. The molecular weight excluding hydrogens is 104 g/mol. The third-order valence-corrected chi connectivity index (χ3v) is 3.76. The molecule has 7 heavy (non-hydrogen) atoms. The number of hydrogen-bond donors (Lipinski definition) is 0. The minimum atomic E-state index is 1.05. The SMILES string of the molecule is CC1CCC2SC12. The van der Waals surface area contributed by atoms with Gasteiger partial charge in [-0.3, -0.25) is 0 Å². The maximum Gasteiger partial charge on any atom is 0.0195 e. The topological polar surface area (TPSA) is 0 Å². The molecule has 3 unspecified atom stereocenters. The molecule has 0 aromatic heterocycles. The van der Waals surface area contributed by atoms with E-state index in [1.165, 1.54) is 12.8 Å². The van der Waals surface area contributed by atoms with E-state index in [9.17, 15) is 0 Å². The molecule has 0 N–H and O–H groups in total. The van der Waals surface area contributed by atoms with Crippen LogP contribution in [0.25, 0.3) is 0 Å². The summed E-state index contributed by atoms with van der Waals surface area (Å²) >= 11 is 2.19. The normalized spacial score (nSPS) is 57.0. The van der Waals surface area contributed by atoms with Gasteiger partial charge in [-0.1, -0.05) is 6.92 Å². The minimum absolute atomic E-state index is 1.05. The first kappa shape index (κ1) is 4.25. The Morgan fingerprint density at radius 1 is 1.43 bits per heavy atom. The Balaban J connectivity index is 2.08. The van der Waals surface area contributed by atoms with Gasteiger partial charge >= 0.3 is 0 Å². The zero-order chi connectivity index (χ0) is 4.85. The predicted molar refractivity (Wildman–Crippen MR) is 33.6 cm³/mol. The molecule has 1 saturated heterocycles. The average Bonchev–Trinajstić information content (AvgIpc) is 2.33. The van der Waals surface area contributed by atoms with E-state index in [4.69, 9.17) is 0 Å². The standard InChI is InChI=1S/C6H10S/c1-4-2-3-5-6(4)7-5/h4-6H,2-3H2,1H3.